The molecular weight excluding hydrogens is 275 g/mol. The summed E-state index contributed by atoms with van der Waals surface area (Å²) in [5.41, 5.74) is 5.03. The van der Waals surface area contributed by atoms with E-state index in [9.17, 15) is 0 Å². The van der Waals surface area contributed by atoms with Crippen LogP contribution in [0, 0.1) is 0 Å². The second-order valence-corrected chi connectivity index (χ2v) is 11.6. The van der Waals surface area contributed by atoms with E-state index in [-0.39, 0.29) is 0 Å². The summed E-state index contributed by atoms with van der Waals surface area (Å²) in [5.74, 6) is 0. The van der Waals surface area contributed by atoms with Crippen LogP contribution in [0.1, 0.15) is 41.5 Å². The van der Waals surface area contributed by atoms with Crippen molar-refractivity contribution in [2.75, 3.05) is 0 Å². The number of allylic oxidation sites excluding steroid dienone is 2. The zero-order chi connectivity index (χ0) is 12.9. The average molecular weight is 299 g/mol. The van der Waals surface area contributed by atoms with Crippen LogP contribution in [0.25, 0.3) is 0 Å². The third kappa shape index (κ3) is 2.77. The molecule has 0 heterocycles. The van der Waals surface area contributed by atoms with E-state index < -0.39 is 8.07 Å². The molecule has 0 fully saturated rings. The topological polar surface area (TPSA) is 0 Å². The molecule has 0 spiro atoms. The fourth-order valence-corrected chi connectivity index (χ4v) is 10.9. The SMILES string of the molecule is C=C=CC(=C=[Se])[Si](C(C)C)(C(C)C)C(C)C. The van der Waals surface area contributed by atoms with Crippen LogP contribution < -0.4 is 0 Å². The second kappa shape index (κ2) is 6.60. The Hall–Kier alpha value is -0.0936. The van der Waals surface area contributed by atoms with Crippen molar-refractivity contribution in [2.24, 2.45) is 0 Å². The Morgan fingerprint density at radius 1 is 1.06 bits per heavy atom. The van der Waals surface area contributed by atoms with Gasteiger partial charge >= 0.3 is 110 Å². The number of rotatable bonds is 5. The number of hydrogen-bond donors (Lipinski definition) is 0. The van der Waals surface area contributed by atoms with E-state index in [0.29, 0.717) is 16.6 Å². The Labute approximate surface area is 110 Å². The third-order valence-corrected chi connectivity index (χ3v) is 11.5. The van der Waals surface area contributed by atoms with Gasteiger partial charge in [0.25, 0.3) is 0 Å². The quantitative estimate of drug-likeness (QED) is 0.408. The standard InChI is InChI=1S/C14H24SeSi/c1-8-9-14(10-15)16(11(2)3,12(4)5)13(6)7/h9,11-13H,1H2,2-7H3. The van der Waals surface area contributed by atoms with Gasteiger partial charge in [-0.05, 0) is 0 Å². The van der Waals surface area contributed by atoms with Crippen LogP contribution in [0.5, 0.6) is 0 Å². The van der Waals surface area contributed by atoms with E-state index in [4.69, 9.17) is 0 Å². The van der Waals surface area contributed by atoms with E-state index in [1.807, 2.05) is 6.08 Å². The minimum absolute atomic E-state index is 0.702. The molecule has 90 valence electrons. The van der Waals surface area contributed by atoms with Crippen molar-refractivity contribution in [1.29, 1.82) is 0 Å². The van der Waals surface area contributed by atoms with E-state index in [1.165, 1.54) is 5.20 Å². The Morgan fingerprint density at radius 3 is 1.62 bits per heavy atom. The normalized spacial score (nSPS) is 11.6. The zero-order valence-electron chi connectivity index (χ0n) is 11.4. The van der Waals surface area contributed by atoms with Crippen LogP contribution in [0.4, 0.5) is 0 Å². The third-order valence-electron chi connectivity index (χ3n) is 3.69. The molecule has 0 unspecified atom stereocenters. The maximum atomic E-state index is 3.71. The first-order chi connectivity index (χ1) is 7.35. The first-order valence-electron chi connectivity index (χ1n) is 5.97. The van der Waals surface area contributed by atoms with E-state index >= 15 is 0 Å². The fourth-order valence-electron chi connectivity index (χ4n) is 3.28. The van der Waals surface area contributed by atoms with Gasteiger partial charge in [0.1, 0.15) is 0 Å². The first-order valence-corrected chi connectivity index (χ1v) is 9.05. The summed E-state index contributed by atoms with van der Waals surface area (Å²) in [5, 5.41) is 1.34. The molecule has 0 atom stereocenters. The maximum absolute atomic E-state index is 3.71. The summed E-state index contributed by atoms with van der Waals surface area (Å²) in [7, 11) is -1.56. The van der Waals surface area contributed by atoms with Gasteiger partial charge in [-0.25, -0.2) is 0 Å². The van der Waals surface area contributed by atoms with Crippen molar-refractivity contribution in [1.82, 2.24) is 0 Å². The first kappa shape index (κ1) is 15.9. The van der Waals surface area contributed by atoms with E-state index in [2.05, 4.69) is 74.0 Å². The Kier molecular flexibility index (Phi) is 6.56. The monoisotopic (exact) mass is 300 g/mol. The van der Waals surface area contributed by atoms with Crippen LogP contribution in [0.2, 0.25) is 16.6 Å². The Bertz CT molecular complexity index is 305. The Morgan fingerprint density at radius 2 is 1.44 bits per heavy atom. The van der Waals surface area contributed by atoms with E-state index in [1.54, 1.807) is 0 Å². The summed E-state index contributed by atoms with van der Waals surface area (Å²) < 4.78 is 3.28. The molecule has 0 aromatic carbocycles. The van der Waals surface area contributed by atoms with Crippen LogP contribution in [-0.4, -0.2) is 28.2 Å². The van der Waals surface area contributed by atoms with Crippen molar-refractivity contribution in [3.63, 3.8) is 0 Å². The van der Waals surface area contributed by atoms with Crippen LogP contribution in [0.15, 0.2) is 23.6 Å². The predicted molar refractivity (Wildman–Crippen MR) is 79.0 cm³/mol. The molecule has 0 bridgehead atoms. The molecule has 0 saturated heterocycles. The summed E-state index contributed by atoms with van der Waals surface area (Å²) >= 11 is 2.95. The summed E-state index contributed by atoms with van der Waals surface area (Å²) in [4.78, 5) is 0. The molecule has 0 rings (SSSR count). The summed E-state index contributed by atoms with van der Waals surface area (Å²) in [6, 6.07) is 0. The van der Waals surface area contributed by atoms with Crippen molar-refractivity contribution < 1.29 is 0 Å². The van der Waals surface area contributed by atoms with Crippen molar-refractivity contribution >= 4 is 28.2 Å². The van der Waals surface area contributed by atoms with Gasteiger partial charge in [0.05, 0.1) is 0 Å². The van der Waals surface area contributed by atoms with E-state index in [0.717, 1.165) is 0 Å². The van der Waals surface area contributed by atoms with Gasteiger partial charge in [0.15, 0.2) is 0 Å². The zero-order valence-corrected chi connectivity index (χ0v) is 14.1. The molecule has 16 heavy (non-hydrogen) atoms. The molecule has 0 aromatic rings. The summed E-state index contributed by atoms with van der Waals surface area (Å²) in [6.45, 7) is 17.8. The van der Waals surface area contributed by atoms with Gasteiger partial charge in [-0.1, -0.05) is 0 Å². The van der Waals surface area contributed by atoms with Gasteiger partial charge < -0.3 is 0 Å². The molecule has 0 N–H and O–H groups in total. The minimum atomic E-state index is -1.56. The molecule has 0 saturated carbocycles. The van der Waals surface area contributed by atoms with Crippen LogP contribution in [0.3, 0.4) is 0 Å². The number of hydrogen-bond acceptors (Lipinski definition) is 0. The van der Waals surface area contributed by atoms with Gasteiger partial charge in [0.2, 0.25) is 0 Å². The van der Waals surface area contributed by atoms with Crippen LogP contribution >= 0.6 is 0 Å². The van der Waals surface area contributed by atoms with Crippen molar-refractivity contribution in [3.05, 3.63) is 23.6 Å². The Balaban J connectivity index is 5.89. The molecule has 2 heteroatoms. The van der Waals surface area contributed by atoms with Crippen molar-refractivity contribution in [3.8, 4) is 0 Å². The molecule has 0 aromatic heterocycles. The van der Waals surface area contributed by atoms with Crippen LogP contribution in [-0.2, 0) is 0 Å². The molecule has 0 nitrogen and oxygen atoms in total. The van der Waals surface area contributed by atoms with Crippen molar-refractivity contribution in [2.45, 2.75) is 58.2 Å². The average Bonchev–Trinajstić information content (AvgIpc) is 2.15. The molecule has 0 amide bonds. The molecule has 0 aliphatic heterocycles. The second-order valence-electron chi connectivity index (χ2n) is 5.26. The van der Waals surface area contributed by atoms with Gasteiger partial charge in [0, 0.05) is 0 Å². The molecule has 0 aliphatic rings. The summed E-state index contributed by atoms with van der Waals surface area (Å²) in [6.07, 6.45) is 2.03. The fraction of sp³-hybridized carbons (Fsp3) is 0.643. The molecule has 0 radical (unpaired) electrons. The molecule has 0 aliphatic carbocycles. The van der Waals surface area contributed by atoms with Gasteiger partial charge in [-0.2, -0.15) is 0 Å². The molecular formula is C14H24SeSi. The van der Waals surface area contributed by atoms with Gasteiger partial charge in [-0.15, -0.1) is 0 Å². The predicted octanol–water partition coefficient (Wildman–Crippen LogP) is 4.04. The van der Waals surface area contributed by atoms with Gasteiger partial charge in [-0.3, -0.25) is 0 Å².